The summed E-state index contributed by atoms with van der Waals surface area (Å²) in [5, 5.41) is 19.2. The number of hydrogen-bond donors (Lipinski definition) is 1. The molecule has 0 unspecified atom stereocenters. The summed E-state index contributed by atoms with van der Waals surface area (Å²) < 4.78 is 2.10. The molecule has 0 aliphatic carbocycles. The van der Waals surface area contributed by atoms with Crippen molar-refractivity contribution in [3.8, 4) is 22.6 Å². The second-order valence-electron chi connectivity index (χ2n) is 7.99. The van der Waals surface area contributed by atoms with E-state index in [1.807, 2.05) is 12.1 Å². The van der Waals surface area contributed by atoms with Crippen LogP contribution in [0.25, 0.3) is 22.6 Å². The summed E-state index contributed by atoms with van der Waals surface area (Å²) in [6, 6.07) is 12.3. The van der Waals surface area contributed by atoms with Crippen LogP contribution < -0.4 is 0 Å². The summed E-state index contributed by atoms with van der Waals surface area (Å²) in [6.45, 7) is 5.35. The van der Waals surface area contributed by atoms with Gasteiger partial charge in [0.15, 0.2) is 5.82 Å². The van der Waals surface area contributed by atoms with Crippen molar-refractivity contribution in [1.29, 1.82) is 0 Å². The van der Waals surface area contributed by atoms with Crippen LogP contribution in [0.15, 0.2) is 42.6 Å². The molecule has 8 nitrogen and oxygen atoms in total. The topological polar surface area (TPSA) is 98.1 Å². The van der Waals surface area contributed by atoms with Crippen molar-refractivity contribution in [2.24, 2.45) is 0 Å². The molecule has 0 aliphatic heterocycles. The predicted molar refractivity (Wildman–Crippen MR) is 124 cm³/mol. The fraction of sp³-hybridized carbons (Fsp3) is 0.417. The molecule has 0 saturated carbocycles. The van der Waals surface area contributed by atoms with Crippen molar-refractivity contribution in [2.45, 2.75) is 65.3 Å². The molecule has 8 heteroatoms. The SMILES string of the molecule is CCCCCc1nc(Cc2ccc(-c3ncccc3-c3nn[nH]n3)cc2)n(CCCC)n1. The summed E-state index contributed by atoms with van der Waals surface area (Å²) in [5.74, 6) is 2.55. The van der Waals surface area contributed by atoms with E-state index in [1.165, 1.54) is 18.4 Å². The zero-order valence-corrected chi connectivity index (χ0v) is 18.8. The van der Waals surface area contributed by atoms with Crippen molar-refractivity contribution >= 4 is 0 Å². The van der Waals surface area contributed by atoms with E-state index in [0.717, 1.165) is 67.1 Å². The number of nitrogens with zero attached hydrogens (tertiary/aromatic N) is 7. The van der Waals surface area contributed by atoms with Crippen LogP contribution in [0.5, 0.6) is 0 Å². The van der Waals surface area contributed by atoms with E-state index in [1.54, 1.807) is 6.20 Å². The summed E-state index contributed by atoms with van der Waals surface area (Å²) in [5.41, 5.74) is 3.91. The van der Waals surface area contributed by atoms with Crippen LogP contribution in [-0.2, 0) is 19.4 Å². The van der Waals surface area contributed by atoms with E-state index in [9.17, 15) is 0 Å². The highest BCUT2D eigenvalue weighted by Gasteiger charge is 2.14. The lowest BCUT2D eigenvalue weighted by molar-refractivity contribution is 0.544. The van der Waals surface area contributed by atoms with Gasteiger partial charge in [-0.2, -0.15) is 10.3 Å². The van der Waals surface area contributed by atoms with Gasteiger partial charge in [-0.25, -0.2) is 9.67 Å². The van der Waals surface area contributed by atoms with Gasteiger partial charge in [-0.15, -0.1) is 10.2 Å². The molecule has 4 rings (SSSR count). The smallest absolute Gasteiger partial charge is 0.206 e. The molecule has 0 atom stereocenters. The number of tetrazole rings is 1. The van der Waals surface area contributed by atoms with E-state index in [0.29, 0.717) is 5.82 Å². The minimum atomic E-state index is 0.539. The van der Waals surface area contributed by atoms with Crippen LogP contribution in [0.4, 0.5) is 0 Å². The highest BCUT2D eigenvalue weighted by molar-refractivity contribution is 5.76. The molecule has 0 bridgehead atoms. The molecule has 1 N–H and O–H groups in total. The lowest BCUT2D eigenvalue weighted by atomic mass is 10.0. The Hall–Kier alpha value is -3.42. The third-order valence-electron chi connectivity index (χ3n) is 5.50. The predicted octanol–water partition coefficient (Wildman–Crippen LogP) is 4.64. The van der Waals surface area contributed by atoms with E-state index >= 15 is 0 Å². The van der Waals surface area contributed by atoms with Crippen LogP contribution in [-0.4, -0.2) is 40.4 Å². The van der Waals surface area contributed by atoms with Gasteiger partial charge in [-0.05, 0) is 35.8 Å². The maximum Gasteiger partial charge on any atom is 0.206 e. The molecule has 0 fully saturated rings. The average molecular weight is 431 g/mol. The van der Waals surface area contributed by atoms with Crippen LogP contribution in [0.3, 0.4) is 0 Å². The number of rotatable bonds is 11. The Kier molecular flexibility index (Phi) is 7.32. The monoisotopic (exact) mass is 430 g/mol. The normalized spacial score (nSPS) is 11.2. The summed E-state index contributed by atoms with van der Waals surface area (Å²) in [7, 11) is 0. The second kappa shape index (κ2) is 10.7. The summed E-state index contributed by atoms with van der Waals surface area (Å²) >= 11 is 0. The highest BCUT2D eigenvalue weighted by atomic mass is 15.5. The Morgan fingerprint density at radius 3 is 2.56 bits per heavy atom. The maximum atomic E-state index is 4.87. The lowest BCUT2D eigenvalue weighted by Crippen LogP contribution is -2.06. The van der Waals surface area contributed by atoms with Gasteiger partial charge >= 0.3 is 0 Å². The third kappa shape index (κ3) is 5.25. The minimum absolute atomic E-state index is 0.539. The quantitative estimate of drug-likeness (QED) is 0.348. The molecule has 0 radical (unpaired) electrons. The summed E-state index contributed by atoms with van der Waals surface area (Å²) in [4.78, 5) is 9.43. The maximum absolute atomic E-state index is 4.87. The van der Waals surface area contributed by atoms with Gasteiger partial charge in [0.1, 0.15) is 5.82 Å². The molecular weight excluding hydrogens is 400 g/mol. The van der Waals surface area contributed by atoms with Gasteiger partial charge < -0.3 is 0 Å². The van der Waals surface area contributed by atoms with Crippen molar-refractivity contribution in [3.63, 3.8) is 0 Å². The first-order chi connectivity index (χ1) is 15.8. The van der Waals surface area contributed by atoms with Gasteiger partial charge in [0.05, 0.1) is 5.69 Å². The molecule has 0 amide bonds. The lowest BCUT2D eigenvalue weighted by Gasteiger charge is -2.08. The van der Waals surface area contributed by atoms with E-state index < -0.39 is 0 Å². The van der Waals surface area contributed by atoms with E-state index in [4.69, 9.17) is 10.1 Å². The zero-order valence-electron chi connectivity index (χ0n) is 18.8. The number of hydrogen-bond acceptors (Lipinski definition) is 6. The molecule has 3 aromatic heterocycles. The summed E-state index contributed by atoms with van der Waals surface area (Å²) in [6.07, 6.45) is 9.34. The Morgan fingerprint density at radius 1 is 0.969 bits per heavy atom. The number of aromatic amines is 1. The number of unbranched alkanes of at least 4 members (excludes halogenated alkanes) is 3. The van der Waals surface area contributed by atoms with Gasteiger partial charge in [-0.1, -0.05) is 57.4 Å². The molecule has 3 heterocycles. The van der Waals surface area contributed by atoms with Gasteiger partial charge in [0, 0.05) is 36.7 Å². The van der Waals surface area contributed by atoms with Gasteiger partial charge in [0.2, 0.25) is 5.82 Å². The standard InChI is InChI=1S/C24H30N8/c1-3-5-7-10-21-26-22(32(29-21)16-6-4-2)17-18-11-13-19(14-12-18)23-20(9-8-15-25-23)24-27-30-31-28-24/h8-9,11-15H,3-7,10,16-17H2,1-2H3,(H,27,28,30,31). The Morgan fingerprint density at radius 2 is 1.81 bits per heavy atom. The molecule has 1 aromatic carbocycles. The molecule has 32 heavy (non-hydrogen) atoms. The molecule has 0 saturated heterocycles. The minimum Gasteiger partial charge on any atom is -0.255 e. The largest absolute Gasteiger partial charge is 0.255 e. The van der Waals surface area contributed by atoms with E-state index in [-0.39, 0.29) is 0 Å². The molecule has 166 valence electrons. The second-order valence-corrected chi connectivity index (χ2v) is 7.99. The van der Waals surface area contributed by atoms with Crippen LogP contribution in [0.1, 0.15) is 63.2 Å². The zero-order chi connectivity index (χ0) is 22.2. The molecule has 0 spiro atoms. The van der Waals surface area contributed by atoms with Crippen LogP contribution in [0, 0.1) is 0 Å². The number of aromatic nitrogens is 8. The van der Waals surface area contributed by atoms with Gasteiger partial charge in [-0.3, -0.25) is 4.98 Å². The third-order valence-corrected chi connectivity index (χ3v) is 5.50. The fourth-order valence-electron chi connectivity index (χ4n) is 3.74. The Bertz CT molecular complexity index is 1100. The average Bonchev–Trinajstić information content (AvgIpc) is 3.49. The Labute approximate surface area is 188 Å². The molecule has 0 aliphatic rings. The Balaban J connectivity index is 1.53. The first kappa shape index (κ1) is 21.8. The number of benzene rings is 1. The van der Waals surface area contributed by atoms with Crippen LogP contribution >= 0.6 is 0 Å². The van der Waals surface area contributed by atoms with Crippen molar-refractivity contribution < 1.29 is 0 Å². The number of H-pyrrole nitrogens is 1. The van der Waals surface area contributed by atoms with Crippen molar-refractivity contribution in [2.75, 3.05) is 0 Å². The van der Waals surface area contributed by atoms with Gasteiger partial charge in [0.25, 0.3) is 0 Å². The number of aryl methyl sites for hydroxylation is 2. The number of pyridine rings is 1. The van der Waals surface area contributed by atoms with E-state index in [2.05, 4.69) is 68.4 Å². The van der Waals surface area contributed by atoms with Crippen molar-refractivity contribution in [3.05, 3.63) is 59.8 Å². The number of nitrogens with one attached hydrogen (secondary N) is 1. The molecular formula is C24H30N8. The van der Waals surface area contributed by atoms with Crippen LogP contribution in [0.2, 0.25) is 0 Å². The fourth-order valence-corrected chi connectivity index (χ4v) is 3.74. The highest BCUT2D eigenvalue weighted by Crippen LogP contribution is 2.27. The first-order valence-corrected chi connectivity index (χ1v) is 11.5. The first-order valence-electron chi connectivity index (χ1n) is 11.5. The van der Waals surface area contributed by atoms with Crippen molar-refractivity contribution in [1.82, 2.24) is 40.4 Å². The molecule has 4 aromatic rings.